The third kappa shape index (κ3) is 12.6. The molecular formula is C18H38F6N2O4S2+2. The van der Waals surface area contributed by atoms with Gasteiger partial charge in [-0.1, -0.05) is 47.0 Å². The topological polar surface area (TPSA) is 84.9 Å². The number of halogens is 6. The molecule has 196 valence electrons. The van der Waals surface area contributed by atoms with Crippen molar-refractivity contribution in [2.24, 2.45) is 0 Å². The molecule has 0 aliphatic rings. The zero-order valence-electron chi connectivity index (χ0n) is 19.2. The number of nitrogens with two attached hydrogens (primary N) is 1. The van der Waals surface area contributed by atoms with Gasteiger partial charge in [-0.25, -0.2) is 0 Å². The maximum absolute atomic E-state index is 11.5. The summed E-state index contributed by atoms with van der Waals surface area (Å²) in [6.45, 7) is 15.0. The predicted octanol–water partition coefficient (Wildman–Crippen LogP) is 4.25. The molecule has 6 nitrogen and oxygen atoms in total. The normalized spacial score (nSPS) is 13.6. The van der Waals surface area contributed by atoms with Crippen molar-refractivity contribution >= 4 is 20.0 Å². The maximum atomic E-state index is 11.5. The predicted molar refractivity (Wildman–Crippen MR) is 111 cm³/mol. The molecule has 0 fully saturated rings. The minimum Gasteiger partial charge on any atom is -0.324 e. The molecule has 0 radical (unpaired) electrons. The molecule has 14 heteroatoms. The zero-order chi connectivity index (χ0) is 25.7. The molecule has 0 aromatic carbocycles. The van der Waals surface area contributed by atoms with Crippen molar-refractivity contribution in [2.75, 3.05) is 26.2 Å². The van der Waals surface area contributed by atoms with E-state index in [1.54, 1.807) is 0 Å². The minimum atomic E-state index is -6.47. The van der Waals surface area contributed by atoms with Crippen molar-refractivity contribution in [2.45, 2.75) is 90.1 Å². The number of primary sulfonamides is 2. The first kappa shape index (κ1) is 33.6. The third-order valence-electron chi connectivity index (χ3n) is 4.77. The molecule has 0 heterocycles. The number of hydrogen-bond donors (Lipinski definition) is 1. The number of nitrogens with zero attached hydrogens (tertiary/aromatic N) is 1. The molecule has 0 aromatic heterocycles. The van der Waals surface area contributed by atoms with Crippen LogP contribution >= 0.6 is 0 Å². The van der Waals surface area contributed by atoms with Crippen LogP contribution < -0.4 is 4.13 Å². The highest BCUT2D eigenvalue weighted by atomic mass is 32.3. The van der Waals surface area contributed by atoms with Crippen LogP contribution in [0.1, 0.15) is 79.1 Å². The van der Waals surface area contributed by atoms with Crippen molar-refractivity contribution in [3.8, 4) is 0 Å². The van der Waals surface area contributed by atoms with Crippen molar-refractivity contribution in [3.05, 3.63) is 0 Å². The second-order valence-electron chi connectivity index (χ2n) is 7.73. The standard InChI is InChI=1S/C16H36N.C2HF6NO4S2/c1-5-9-11-12-16-17(13-7-3,14-8-4)15-10-6-2;3-1(4,5)14(10,11)9-15(12,13)2(6,7)8/h5-16H2,1-4H3;9H/q+1;/p+1. The third-order valence-corrected chi connectivity index (χ3v) is 8.08. The number of unbranched alkanes of at least 4 members (excludes halogenated alkanes) is 4. The Morgan fingerprint density at radius 1 is 0.562 bits per heavy atom. The molecule has 0 aliphatic carbocycles. The number of sulfonamides is 2. The molecule has 0 rings (SSSR count). The van der Waals surface area contributed by atoms with E-state index in [0.29, 0.717) is 0 Å². The molecule has 32 heavy (non-hydrogen) atoms. The molecule has 0 amide bonds. The lowest BCUT2D eigenvalue weighted by atomic mass is 10.1. The number of hydrogen-bond acceptors (Lipinski definition) is 4. The molecular weight excluding hydrogens is 486 g/mol. The van der Waals surface area contributed by atoms with Crippen molar-refractivity contribution in [1.29, 1.82) is 0 Å². The summed E-state index contributed by atoms with van der Waals surface area (Å²) in [4.78, 5) is 0. The second kappa shape index (κ2) is 14.6. The Kier molecular flexibility index (Phi) is 15.3. The Bertz CT molecular complexity index is 660. The number of alkyl halides is 6. The van der Waals surface area contributed by atoms with E-state index >= 15 is 0 Å². The fourth-order valence-electron chi connectivity index (χ4n) is 3.26. The average Bonchev–Trinajstić information content (AvgIpc) is 2.62. The highest BCUT2D eigenvalue weighted by Gasteiger charge is 2.59. The van der Waals surface area contributed by atoms with Crippen LogP contribution in [0.2, 0.25) is 0 Å². The van der Waals surface area contributed by atoms with Gasteiger partial charge in [-0.2, -0.15) is 43.2 Å². The first-order valence-corrected chi connectivity index (χ1v) is 13.9. The van der Waals surface area contributed by atoms with E-state index in [9.17, 15) is 43.2 Å². The van der Waals surface area contributed by atoms with E-state index < -0.39 is 35.2 Å². The van der Waals surface area contributed by atoms with Gasteiger partial charge in [0.25, 0.3) is 0 Å². The van der Waals surface area contributed by atoms with E-state index in [1.807, 2.05) is 0 Å². The molecule has 0 aromatic rings. The van der Waals surface area contributed by atoms with Crippen LogP contribution in [0.15, 0.2) is 0 Å². The fraction of sp³-hybridized carbons (Fsp3) is 1.00. The summed E-state index contributed by atoms with van der Waals surface area (Å²) < 4.78 is 109. The van der Waals surface area contributed by atoms with E-state index in [0.717, 1.165) is 0 Å². The smallest absolute Gasteiger partial charge is 0.324 e. The molecule has 2 N–H and O–H groups in total. The molecule has 0 saturated carbocycles. The Balaban J connectivity index is 0. The van der Waals surface area contributed by atoms with Gasteiger partial charge in [-0.3, -0.25) is 0 Å². The fourth-order valence-corrected chi connectivity index (χ4v) is 5.47. The lowest BCUT2D eigenvalue weighted by Crippen LogP contribution is -2.94. The van der Waals surface area contributed by atoms with Gasteiger partial charge in [0.05, 0.1) is 26.2 Å². The Morgan fingerprint density at radius 2 is 0.938 bits per heavy atom. The van der Waals surface area contributed by atoms with Gasteiger partial charge < -0.3 is 4.48 Å². The molecule has 0 atom stereocenters. The molecule has 0 spiro atoms. The van der Waals surface area contributed by atoms with Gasteiger partial charge in [0.15, 0.2) is 0 Å². The van der Waals surface area contributed by atoms with Gasteiger partial charge in [0.2, 0.25) is 0 Å². The van der Waals surface area contributed by atoms with Gasteiger partial charge >= 0.3 is 31.1 Å². The van der Waals surface area contributed by atoms with Crippen molar-refractivity contribution < 1.29 is 51.8 Å². The summed E-state index contributed by atoms with van der Waals surface area (Å²) in [6.07, 6.45) is 11.1. The van der Waals surface area contributed by atoms with Crippen LogP contribution in [-0.2, 0) is 20.0 Å². The minimum absolute atomic E-state index is 1.34. The summed E-state index contributed by atoms with van der Waals surface area (Å²) in [6, 6.07) is 0. The molecule has 0 bridgehead atoms. The lowest BCUT2D eigenvalue weighted by Gasteiger charge is -2.39. The molecule has 0 unspecified atom stereocenters. The van der Waals surface area contributed by atoms with Crippen LogP contribution in [0.5, 0.6) is 0 Å². The Hall–Kier alpha value is -0.600. The highest BCUT2D eigenvalue weighted by Crippen LogP contribution is 2.22. The van der Waals surface area contributed by atoms with Crippen LogP contribution in [-0.4, -0.2) is 58.5 Å². The average molecular weight is 525 g/mol. The van der Waals surface area contributed by atoms with E-state index in [2.05, 4.69) is 27.7 Å². The van der Waals surface area contributed by atoms with Gasteiger partial charge in [0, 0.05) is 0 Å². The van der Waals surface area contributed by atoms with E-state index in [1.165, 1.54) is 82.0 Å². The largest absolute Gasteiger partial charge is 0.550 e. The van der Waals surface area contributed by atoms with Crippen LogP contribution in [0.4, 0.5) is 26.3 Å². The highest BCUT2D eigenvalue weighted by molar-refractivity contribution is 7.97. The summed E-state index contributed by atoms with van der Waals surface area (Å²) in [5, 5.41) is 0. The number of quaternary nitrogens is 2. The molecule has 0 aliphatic heterocycles. The second-order valence-corrected chi connectivity index (χ2v) is 11.6. The quantitative estimate of drug-likeness (QED) is 0.209. The Labute approximate surface area is 188 Å². The summed E-state index contributed by atoms with van der Waals surface area (Å²) >= 11 is 0. The Morgan fingerprint density at radius 3 is 1.25 bits per heavy atom. The first-order valence-electron chi connectivity index (χ1n) is 10.8. The summed E-state index contributed by atoms with van der Waals surface area (Å²) in [7, 11) is -12.9. The first-order chi connectivity index (χ1) is 14.4. The van der Waals surface area contributed by atoms with Crippen molar-refractivity contribution in [3.63, 3.8) is 0 Å². The monoisotopic (exact) mass is 524 g/mol. The van der Waals surface area contributed by atoms with Gasteiger partial charge in [-0.05, 0) is 32.1 Å². The summed E-state index contributed by atoms with van der Waals surface area (Å²) in [5.41, 5.74) is -12.2. The SMILES string of the molecule is CCCCCC[N+](CCC)(CCC)CCCC.O=S(=O)([NH2+]S(=O)(=O)C(F)(F)F)C(F)(F)F. The van der Waals surface area contributed by atoms with E-state index in [4.69, 9.17) is 0 Å². The van der Waals surface area contributed by atoms with Crippen LogP contribution in [0.3, 0.4) is 0 Å². The maximum Gasteiger partial charge on any atom is 0.550 e. The number of rotatable bonds is 14. The van der Waals surface area contributed by atoms with E-state index in [-0.39, 0.29) is 0 Å². The lowest BCUT2D eigenvalue weighted by molar-refractivity contribution is -0.928. The zero-order valence-corrected chi connectivity index (χ0v) is 20.9. The van der Waals surface area contributed by atoms with Crippen LogP contribution in [0, 0.1) is 0 Å². The van der Waals surface area contributed by atoms with Crippen LogP contribution in [0.25, 0.3) is 0 Å². The van der Waals surface area contributed by atoms with Gasteiger partial charge in [-0.15, -0.1) is 4.13 Å². The molecule has 0 saturated heterocycles. The van der Waals surface area contributed by atoms with Crippen molar-refractivity contribution in [1.82, 2.24) is 0 Å². The summed E-state index contributed by atoms with van der Waals surface area (Å²) in [5.74, 6) is 0. The van der Waals surface area contributed by atoms with Gasteiger partial charge in [0.1, 0.15) is 0 Å².